The van der Waals surface area contributed by atoms with Crippen molar-refractivity contribution in [1.29, 1.82) is 0 Å². The first-order chi connectivity index (χ1) is 9.77. The Morgan fingerprint density at radius 3 is 2.70 bits per heavy atom. The molecular formula is C17H12N2O. The van der Waals surface area contributed by atoms with Gasteiger partial charge in [0.2, 0.25) is 0 Å². The summed E-state index contributed by atoms with van der Waals surface area (Å²) in [5, 5.41) is 3.78. The Hall–Kier alpha value is -2.68. The third kappa shape index (κ3) is 1.35. The van der Waals surface area contributed by atoms with Gasteiger partial charge in [0.25, 0.3) is 5.56 Å². The maximum Gasteiger partial charge on any atom is 0.258 e. The Kier molecular flexibility index (Phi) is 2.18. The molecule has 0 unspecified atom stereocenters. The SMILES string of the molecule is Cn1c(=O)c2ccc3cccnc3c2c2ccccc21. The van der Waals surface area contributed by atoms with Crippen LogP contribution >= 0.6 is 0 Å². The van der Waals surface area contributed by atoms with Crippen LogP contribution in [0.1, 0.15) is 0 Å². The van der Waals surface area contributed by atoms with Gasteiger partial charge in [-0.15, -0.1) is 0 Å². The number of nitrogens with zero attached hydrogens (tertiary/aromatic N) is 2. The molecule has 20 heavy (non-hydrogen) atoms. The Morgan fingerprint density at radius 2 is 1.80 bits per heavy atom. The van der Waals surface area contributed by atoms with E-state index < -0.39 is 0 Å². The van der Waals surface area contributed by atoms with Gasteiger partial charge in [-0.1, -0.05) is 30.3 Å². The molecule has 3 heteroatoms. The van der Waals surface area contributed by atoms with E-state index in [-0.39, 0.29) is 5.56 Å². The van der Waals surface area contributed by atoms with Gasteiger partial charge in [0.05, 0.1) is 16.4 Å². The highest BCUT2D eigenvalue weighted by Gasteiger charge is 2.11. The molecule has 0 radical (unpaired) electrons. The molecule has 0 saturated heterocycles. The van der Waals surface area contributed by atoms with E-state index in [0.717, 1.165) is 32.6 Å². The second kappa shape index (κ2) is 3.90. The number of pyridine rings is 2. The highest BCUT2D eigenvalue weighted by Crippen LogP contribution is 2.28. The van der Waals surface area contributed by atoms with E-state index in [1.54, 1.807) is 10.8 Å². The number of aryl methyl sites for hydroxylation is 1. The lowest BCUT2D eigenvalue weighted by Gasteiger charge is -2.10. The standard InChI is InChI=1S/C17H12N2O/c1-19-14-7-3-2-6-12(14)15-13(17(19)20)9-8-11-5-4-10-18-16(11)15/h2-10H,1H3. The Bertz CT molecular complexity index is 1030. The van der Waals surface area contributed by atoms with Gasteiger partial charge in [-0.05, 0) is 18.2 Å². The van der Waals surface area contributed by atoms with E-state index in [1.807, 2.05) is 55.6 Å². The lowest BCUT2D eigenvalue weighted by atomic mass is 10.0. The maximum absolute atomic E-state index is 12.5. The Morgan fingerprint density at radius 1 is 0.950 bits per heavy atom. The van der Waals surface area contributed by atoms with Crippen LogP contribution in [-0.4, -0.2) is 9.55 Å². The monoisotopic (exact) mass is 260 g/mol. The molecule has 2 heterocycles. The van der Waals surface area contributed by atoms with E-state index >= 15 is 0 Å². The first kappa shape index (κ1) is 11.2. The minimum Gasteiger partial charge on any atom is -0.311 e. The molecule has 3 nitrogen and oxygen atoms in total. The lowest BCUT2D eigenvalue weighted by Crippen LogP contribution is -2.17. The number of fused-ring (bicyclic) bond motifs is 5. The fraction of sp³-hybridized carbons (Fsp3) is 0.0588. The Labute approximate surface area is 115 Å². The molecule has 0 aliphatic rings. The van der Waals surface area contributed by atoms with Crippen LogP contribution in [0, 0.1) is 0 Å². The first-order valence-electron chi connectivity index (χ1n) is 6.52. The summed E-state index contributed by atoms with van der Waals surface area (Å²) < 4.78 is 1.70. The second-order valence-electron chi connectivity index (χ2n) is 4.94. The van der Waals surface area contributed by atoms with Gasteiger partial charge < -0.3 is 4.57 Å². The minimum atomic E-state index is 0.0197. The Balaban J connectivity index is 2.46. The highest BCUT2D eigenvalue weighted by atomic mass is 16.1. The maximum atomic E-state index is 12.5. The molecule has 0 amide bonds. The molecule has 0 atom stereocenters. The fourth-order valence-electron chi connectivity index (χ4n) is 2.86. The van der Waals surface area contributed by atoms with Gasteiger partial charge >= 0.3 is 0 Å². The number of rotatable bonds is 0. The molecule has 4 rings (SSSR count). The van der Waals surface area contributed by atoms with Gasteiger partial charge in [-0.2, -0.15) is 0 Å². The summed E-state index contributed by atoms with van der Waals surface area (Å²) in [4.78, 5) is 17.0. The van der Waals surface area contributed by atoms with E-state index in [2.05, 4.69) is 4.98 Å². The van der Waals surface area contributed by atoms with Crippen molar-refractivity contribution >= 4 is 32.6 Å². The third-order valence-electron chi connectivity index (χ3n) is 3.84. The summed E-state index contributed by atoms with van der Waals surface area (Å²) in [5.74, 6) is 0. The molecule has 4 aromatic rings. The van der Waals surface area contributed by atoms with E-state index in [9.17, 15) is 4.79 Å². The number of hydrogen-bond acceptors (Lipinski definition) is 2. The smallest absolute Gasteiger partial charge is 0.258 e. The predicted octanol–water partition coefficient (Wildman–Crippen LogP) is 3.24. The molecule has 0 N–H and O–H groups in total. The van der Waals surface area contributed by atoms with Crippen molar-refractivity contribution in [1.82, 2.24) is 9.55 Å². The number of benzene rings is 2. The predicted molar refractivity (Wildman–Crippen MR) is 82.0 cm³/mol. The third-order valence-corrected chi connectivity index (χ3v) is 3.84. The highest BCUT2D eigenvalue weighted by molar-refractivity contribution is 6.17. The van der Waals surface area contributed by atoms with Crippen molar-refractivity contribution in [3.8, 4) is 0 Å². The molecule has 96 valence electrons. The summed E-state index contributed by atoms with van der Waals surface area (Å²) in [6.07, 6.45) is 1.77. The van der Waals surface area contributed by atoms with Crippen molar-refractivity contribution < 1.29 is 0 Å². The van der Waals surface area contributed by atoms with Gasteiger partial charge in [-0.3, -0.25) is 9.78 Å². The first-order valence-corrected chi connectivity index (χ1v) is 6.52. The number of hydrogen-bond donors (Lipinski definition) is 0. The summed E-state index contributed by atoms with van der Waals surface area (Å²) in [5.41, 5.74) is 1.84. The largest absolute Gasteiger partial charge is 0.311 e. The average Bonchev–Trinajstić information content (AvgIpc) is 2.51. The van der Waals surface area contributed by atoms with Crippen LogP contribution in [0.15, 0.2) is 59.5 Å². The normalized spacial score (nSPS) is 11.4. The average molecular weight is 260 g/mol. The molecular weight excluding hydrogens is 248 g/mol. The molecule has 0 spiro atoms. The van der Waals surface area contributed by atoms with Crippen LogP contribution in [0.4, 0.5) is 0 Å². The van der Waals surface area contributed by atoms with Crippen molar-refractivity contribution in [3.63, 3.8) is 0 Å². The number of para-hydroxylation sites is 1. The zero-order valence-corrected chi connectivity index (χ0v) is 11.0. The summed E-state index contributed by atoms with van der Waals surface area (Å²) in [6.45, 7) is 0. The van der Waals surface area contributed by atoms with Gasteiger partial charge in [0.1, 0.15) is 0 Å². The quantitative estimate of drug-likeness (QED) is 0.455. The van der Waals surface area contributed by atoms with Crippen LogP contribution < -0.4 is 5.56 Å². The van der Waals surface area contributed by atoms with E-state index in [4.69, 9.17) is 0 Å². The van der Waals surface area contributed by atoms with Crippen molar-refractivity contribution in [2.45, 2.75) is 0 Å². The van der Waals surface area contributed by atoms with Crippen molar-refractivity contribution in [2.24, 2.45) is 7.05 Å². The van der Waals surface area contributed by atoms with E-state index in [0.29, 0.717) is 0 Å². The molecule has 0 saturated carbocycles. The zero-order chi connectivity index (χ0) is 13.7. The van der Waals surface area contributed by atoms with Crippen LogP contribution in [-0.2, 0) is 7.05 Å². The van der Waals surface area contributed by atoms with E-state index in [1.165, 1.54) is 0 Å². The molecule has 2 aromatic carbocycles. The molecule has 2 aromatic heterocycles. The van der Waals surface area contributed by atoms with Crippen LogP contribution in [0.25, 0.3) is 32.6 Å². The summed E-state index contributed by atoms with van der Waals surface area (Å²) in [6, 6.07) is 15.8. The van der Waals surface area contributed by atoms with Crippen LogP contribution in [0.2, 0.25) is 0 Å². The minimum absolute atomic E-state index is 0.0197. The topological polar surface area (TPSA) is 34.9 Å². The summed E-state index contributed by atoms with van der Waals surface area (Å²) >= 11 is 0. The van der Waals surface area contributed by atoms with Gasteiger partial charge in [0, 0.05) is 29.4 Å². The molecule has 0 fully saturated rings. The molecule has 0 aliphatic heterocycles. The van der Waals surface area contributed by atoms with Crippen LogP contribution in [0.5, 0.6) is 0 Å². The zero-order valence-electron chi connectivity index (χ0n) is 11.0. The van der Waals surface area contributed by atoms with Crippen LogP contribution in [0.3, 0.4) is 0 Å². The summed E-state index contributed by atoms with van der Waals surface area (Å²) in [7, 11) is 1.81. The van der Waals surface area contributed by atoms with Gasteiger partial charge in [-0.25, -0.2) is 0 Å². The second-order valence-corrected chi connectivity index (χ2v) is 4.94. The fourth-order valence-corrected chi connectivity index (χ4v) is 2.86. The molecule has 0 bridgehead atoms. The lowest BCUT2D eigenvalue weighted by molar-refractivity contribution is 0.918. The molecule has 0 aliphatic carbocycles. The van der Waals surface area contributed by atoms with Crippen molar-refractivity contribution in [3.05, 3.63) is 65.1 Å². The number of aromatic nitrogens is 2. The van der Waals surface area contributed by atoms with Gasteiger partial charge in [0.15, 0.2) is 0 Å². The van der Waals surface area contributed by atoms with Crippen molar-refractivity contribution in [2.75, 3.05) is 0 Å².